The van der Waals surface area contributed by atoms with Crippen molar-refractivity contribution < 1.29 is 14.6 Å². The van der Waals surface area contributed by atoms with Crippen LogP contribution in [0.5, 0.6) is 0 Å². The monoisotopic (exact) mass is 362 g/mol. The van der Waals surface area contributed by atoms with Crippen LogP contribution in [0.1, 0.15) is 92.4 Å². The molecule has 0 saturated heterocycles. The Hall–Kier alpha value is -0.570. The van der Waals surface area contributed by atoms with Crippen molar-refractivity contribution in [1.29, 1.82) is 0 Å². The Bertz CT molecular complexity index is 600. The van der Waals surface area contributed by atoms with Crippen LogP contribution < -0.4 is 0 Å². The predicted molar refractivity (Wildman–Crippen MR) is 103 cm³/mol. The summed E-state index contributed by atoms with van der Waals surface area (Å²) in [5.41, 5.74) is 0.329. The Morgan fingerprint density at radius 1 is 1.04 bits per heavy atom. The highest BCUT2D eigenvalue weighted by atomic mass is 16.5. The highest BCUT2D eigenvalue weighted by Gasteiger charge is 2.68. The molecule has 1 spiro atoms. The Morgan fingerprint density at radius 3 is 2.42 bits per heavy atom. The highest BCUT2D eigenvalue weighted by Crippen LogP contribution is 2.73. The molecule has 3 heteroatoms. The summed E-state index contributed by atoms with van der Waals surface area (Å²) in [6.45, 7) is 10.9. The van der Waals surface area contributed by atoms with Gasteiger partial charge in [-0.15, -0.1) is 0 Å². The molecule has 4 saturated carbocycles. The molecule has 4 aliphatic rings. The third-order valence-corrected chi connectivity index (χ3v) is 9.42. The maximum atomic E-state index is 13.1. The number of aliphatic hydroxyl groups is 1. The van der Waals surface area contributed by atoms with Crippen molar-refractivity contribution in [1.82, 2.24) is 0 Å². The fourth-order valence-electron chi connectivity index (χ4n) is 8.32. The molecule has 4 aliphatic carbocycles. The summed E-state index contributed by atoms with van der Waals surface area (Å²) in [6, 6.07) is 0. The van der Waals surface area contributed by atoms with Crippen LogP contribution in [0.2, 0.25) is 0 Å². The van der Waals surface area contributed by atoms with Crippen molar-refractivity contribution in [2.24, 2.45) is 33.5 Å². The topological polar surface area (TPSA) is 46.5 Å². The third kappa shape index (κ3) is 2.38. The van der Waals surface area contributed by atoms with Gasteiger partial charge < -0.3 is 9.84 Å². The van der Waals surface area contributed by atoms with E-state index in [1.807, 2.05) is 13.8 Å². The minimum Gasteiger partial charge on any atom is -0.463 e. The normalized spacial score (nSPS) is 53.1. The van der Waals surface area contributed by atoms with Gasteiger partial charge in [-0.25, -0.2) is 0 Å². The van der Waals surface area contributed by atoms with Crippen molar-refractivity contribution in [2.45, 2.75) is 105 Å². The van der Waals surface area contributed by atoms with Gasteiger partial charge in [0.05, 0.1) is 17.6 Å². The smallest absolute Gasteiger partial charge is 0.312 e. The lowest BCUT2D eigenvalue weighted by atomic mass is 9.40. The van der Waals surface area contributed by atoms with Gasteiger partial charge in [0.2, 0.25) is 0 Å². The summed E-state index contributed by atoms with van der Waals surface area (Å²) in [5.74, 6) is 1.12. The Balaban J connectivity index is 1.68. The molecule has 1 N–H and O–H groups in total. The molecule has 0 amide bonds. The Morgan fingerprint density at radius 2 is 1.73 bits per heavy atom. The van der Waals surface area contributed by atoms with Crippen molar-refractivity contribution >= 4 is 5.97 Å². The molecular formula is C23H38O3. The molecule has 0 aromatic rings. The molecule has 2 bridgehead atoms. The number of hydrogen-bond acceptors (Lipinski definition) is 3. The SMILES string of the molecule is CC(C)OC(=O)[C@]1(C)CCC[C@@]2(C)[C@@H]3CC[C@@]4(C)CC3(CC[C@@H]21)C[C@H]4O. The highest BCUT2D eigenvalue weighted by molar-refractivity contribution is 5.77. The number of esters is 1. The molecule has 26 heavy (non-hydrogen) atoms. The number of carbonyl (C=O) groups excluding carboxylic acids is 1. The third-order valence-electron chi connectivity index (χ3n) is 9.42. The maximum absolute atomic E-state index is 13.1. The molecule has 0 aromatic heterocycles. The van der Waals surface area contributed by atoms with Gasteiger partial charge in [-0.2, -0.15) is 0 Å². The van der Waals surface area contributed by atoms with E-state index >= 15 is 0 Å². The average Bonchev–Trinajstić information content (AvgIpc) is 2.71. The van der Waals surface area contributed by atoms with Crippen LogP contribution in [0.15, 0.2) is 0 Å². The first-order valence-corrected chi connectivity index (χ1v) is 10.9. The number of ether oxygens (including phenoxy) is 1. The van der Waals surface area contributed by atoms with E-state index in [-0.39, 0.29) is 34.4 Å². The summed E-state index contributed by atoms with van der Waals surface area (Å²) in [4.78, 5) is 13.1. The Kier molecular flexibility index (Phi) is 4.13. The van der Waals surface area contributed by atoms with Crippen LogP contribution in [-0.2, 0) is 9.53 Å². The lowest BCUT2D eigenvalue weighted by Crippen LogP contribution is -2.59. The zero-order valence-corrected chi connectivity index (χ0v) is 17.4. The molecule has 0 aliphatic heterocycles. The van der Waals surface area contributed by atoms with Gasteiger partial charge in [0, 0.05) is 0 Å². The van der Waals surface area contributed by atoms with Crippen molar-refractivity contribution in [3.8, 4) is 0 Å². The number of rotatable bonds is 2. The quantitative estimate of drug-likeness (QED) is 0.695. The van der Waals surface area contributed by atoms with Crippen LogP contribution in [0.25, 0.3) is 0 Å². The summed E-state index contributed by atoms with van der Waals surface area (Å²) in [7, 11) is 0. The predicted octanol–water partition coefficient (Wildman–Crippen LogP) is 5.10. The summed E-state index contributed by atoms with van der Waals surface area (Å²) in [5, 5.41) is 10.8. The fourth-order valence-corrected chi connectivity index (χ4v) is 8.32. The van der Waals surface area contributed by atoms with E-state index in [2.05, 4.69) is 20.8 Å². The zero-order valence-electron chi connectivity index (χ0n) is 17.4. The molecular weight excluding hydrogens is 324 g/mol. The molecule has 0 radical (unpaired) electrons. The van der Waals surface area contributed by atoms with Crippen LogP contribution in [0.3, 0.4) is 0 Å². The molecule has 3 nitrogen and oxygen atoms in total. The second kappa shape index (κ2) is 5.72. The van der Waals surface area contributed by atoms with Crippen molar-refractivity contribution in [3.05, 3.63) is 0 Å². The van der Waals surface area contributed by atoms with Gasteiger partial charge in [-0.05, 0) is 100 Å². The van der Waals surface area contributed by atoms with E-state index in [1.165, 1.54) is 25.7 Å². The molecule has 0 heterocycles. The molecule has 4 rings (SSSR count). The van der Waals surface area contributed by atoms with E-state index in [9.17, 15) is 9.90 Å². The van der Waals surface area contributed by atoms with Crippen LogP contribution in [-0.4, -0.2) is 23.3 Å². The van der Waals surface area contributed by atoms with Crippen LogP contribution in [0, 0.1) is 33.5 Å². The van der Waals surface area contributed by atoms with E-state index in [4.69, 9.17) is 4.74 Å². The molecule has 0 aromatic carbocycles. The minimum absolute atomic E-state index is 0.0338. The number of carbonyl (C=O) groups is 1. The van der Waals surface area contributed by atoms with Crippen LogP contribution in [0.4, 0.5) is 0 Å². The summed E-state index contributed by atoms with van der Waals surface area (Å²) in [6.07, 6.45) is 10.0. The lowest BCUT2D eigenvalue weighted by Gasteiger charge is -2.64. The number of fused-ring (bicyclic) bond motifs is 3. The van der Waals surface area contributed by atoms with Crippen LogP contribution >= 0.6 is 0 Å². The molecule has 1 unspecified atom stereocenters. The molecule has 4 fully saturated rings. The fraction of sp³-hybridized carbons (Fsp3) is 0.957. The number of hydrogen-bond donors (Lipinski definition) is 1. The van der Waals surface area contributed by atoms with Crippen molar-refractivity contribution in [2.75, 3.05) is 0 Å². The van der Waals surface area contributed by atoms with Gasteiger partial charge in [-0.3, -0.25) is 4.79 Å². The first-order valence-electron chi connectivity index (χ1n) is 10.9. The Labute approximate surface area is 159 Å². The van der Waals surface area contributed by atoms with E-state index in [0.29, 0.717) is 17.3 Å². The van der Waals surface area contributed by atoms with E-state index in [0.717, 1.165) is 32.1 Å². The zero-order chi connectivity index (χ0) is 19.0. The summed E-state index contributed by atoms with van der Waals surface area (Å²) < 4.78 is 5.74. The van der Waals surface area contributed by atoms with Gasteiger partial charge >= 0.3 is 5.97 Å². The standard InChI is InChI=1S/C23H38O3/c1-15(2)26-19(25)22(5)10-6-9-21(4)16(22)8-12-23-13-18(24)20(3,14-23)11-7-17(21)23/h15-18,24H,6-14H2,1-5H3/t16-,17-,18+,20-,21+,22+,23?/m0/s1. The first kappa shape index (κ1) is 18.8. The molecule has 148 valence electrons. The lowest BCUT2D eigenvalue weighted by molar-refractivity contribution is -0.190. The second-order valence-electron chi connectivity index (χ2n) is 11.3. The second-order valence-corrected chi connectivity index (χ2v) is 11.3. The van der Waals surface area contributed by atoms with E-state index in [1.54, 1.807) is 0 Å². The number of aliphatic hydroxyl groups excluding tert-OH is 1. The maximum Gasteiger partial charge on any atom is 0.312 e. The minimum atomic E-state index is -0.336. The van der Waals surface area contributed by atoms with Crippen molar-refractivity contribution in [3.63, 3.8) is 0 Å². The van der Waals surface area contributed by atoms with Gasteiger partial charge in [0.15, 0.2) is 0 Å². The largest absolute Gasteiger partial charge is 0.463 e. The van der Waals surface area contributed by atoms with Gasteiger partial charge in [0.25, 0.3) is 0 Å². The average molecular weight is 363 g/mol. The first-order chi connectivity index (χ1) is 12.1. The van der Waals surface area contributed by atoms with E-state index < -0.39 is 0 Å². The van der Waals surface area contributed by atoms with Gasteiger partial charge in [0.1, 0.15) is 0 Å². The summed E-state index contributed by atoms with van der Waals surface area (Å²) >= 11 is 0. The molecule has 7 atom stereocenters. The van der Waals surface area contributed by atoms with Gasteiger partial charge in [-0.1, -0.05) is 20.3 Å².